The minimum atomic E-state index is -0.553. The molecule has 5 rings (SSSR count). The second-order valence-corrected chi connectivity index (χ2v) is 10.7. The summed E-state index contributed by atoms with van der Waals surface area (Å²) in [5.74, 6) is 0.906. The maximum absolute atomic E-state index is 12.8. The van der Waals surface area contributed by atoms with Gasteiger partial charge in [-0.25, -0.2) is 9.59 Å². The van der Waals surface area contributed by atoms with Crippen molar-refractivity contribution in [2.24, 2.45) is 23.2 Å². The van der Waals surface area contributed by atoms with E-state index in [4.69, 9.17) is 14.2 Å². The maximum Gasteiger partial charge on any atom is 0.410 e. The molecule has 0 aromatic carbocycles. The van der Waals surface area contributed by atoms with Crippen LogP contribution in [0.25, 0.3) is 0 Å². The highest BCUT2D eigenvalue weighted by Gasteiger charge is 2.60. The Bertz CT molecular complexity index is 701. The van der Waals surface area contributed by atoms with Crippen molar-refractivity contribution in [3.8, 4) is 0 Å². The van der Waals surface area contributed by atoms with E-state index < -0.39 is 11.7 Å². The zero-order valence-corrected chi connectivity index (χ0v) is 18.4. The number of carbonyl (C=O) groups is 3. The Labute approximate surface area is 178 Å². The molecule has 168 valence electrons. The smallest absolute Gasteiger partial charge is 0.410 e. The third kappa shape index (κ3) is 4.10. The molecule has 1 unspecified atom stereocenters. The molecule has 3 atom stereocenters. The first-order valence-corrected chi connectivity index (χ1v) is 11.1. The van der Waals surface area contributed by atoms with Crippen LogP contribution in [-0.2, 0) is 19.0 Å². The standard InChI is InChI=1S/C22H34N2O6/c1-21(2,3)30-19(26)23-16-5-6-24(12-16)20(27)29-17-14-7-13-8-15(17)11-22(9-13,10-14)18(25)28-4/h13-17H,5-12H2,1-4H3,(H,23,26)/t13?,14-,15-,16?,17?,22?/m1/s1. The largest absolute Gasteiger partial charge is 0.469 e. The molecule has 4 aliphatic carbocycles. The number of ether oxygens (including phenoxy) is 3. The van der Waals surface area contributed by atoms with Crippen LogP contribution in [0.2, 0.25) is 0 Å². The number of hydrogen-bond acceptors (Lipinski definition) is 6. The molecule has 0 radical (unpaired) electrons. The van der Waals surface area contributed by atoms with Gasteiger partial charge in [-0.3, -0.25) is 4.79 Å². The Morgan fingerprint density at radius 3 is 2.33 bits per heavy atom. The first kappa shape index (κ1) is 21.2. The number of alkyl carbamates (subject to hydrolysis) is 1. The number of nitrogens with one attached hydrogen (secondary N) is 1. The lowest BCUT2D eigenvalue weighted by atomic mass is 9.48. The fraction of sp³-hybridized carbons (Fsp3) is 0.864. The van der Waals surface area contributed by atoms with Crippen molar-refractivity contribution in [3.05, 3.63) is 0 Å². The monoisotopic (exact) mass is 422 g/mol. The average molecular weight is 423 g/mol. The zero-order chi connectivity index (χ0) is 21.7. The normalized spacial score (nSPS) is 37.1. The lowest BCUT2D eigenvalue weighted by molar-refractivity contribution is -0.182. The number of nitrogens with zero attached hydrogens (tertiary/aromatic N) is 1. The van der Waals surface area contributed by atoms with E-state index in [2.05, 4.69) is 5.32 Å². The molecule has 2 amide bonds. The van der Waals surface area contributed by atoms with Gasteiger partial charge in [-0.2, -0.15) is 0 Å². The molecule has 4 saturated carbocycles. The summed E-state index contributed by atoms with van der Waals surface area (Å²) in [6.45, 7) is 6.44. The van der Waals surface area contributed by atoms with Crippen LogP contribution in [0.15, 0.2) is 0 Å². The fourth-order valence-corrected chi connectivity index (χ4v) is 6.35. The van der Waals surface area contributed by atoms with Crippen LogP contribution in [0.1, 0.15) is 59.3 Å². The summed E-state index contributed by atoms with van der Waals surface area (Å²) in [6, 6.07) is -0.131. The second kappa shape index (κ2) is 7.61. The molecule has 8 heteroatoms. The Balaban J connectivity index is 1.31. The number of amides is 2. The number of likely N-dealkylation sites (tertiary alicyclic amines) is 1. The van der Waals surface area contributed by atoms with E-state index in [0.717, 1.165) is 32.1 Å². The highest BCUT2D eigenvalue weighted by molar-refractivity contribution is 5.77. The van der Waals surface area contributed by atoms with Crippen molar-refractivity contribution in [3.63, 3.8) is 0 Å². The molecule has 5 aliphatic rings. The van der Waals surface area contributed by atoms with Gasteiger partial charge in [0.05, 0.1) is 18.6 Å². The van der Waals surface area contributed by atoms with E-state index in [1.807, 2.05) is 20.8 Å². The van der Waals surface area contributed by atoms with Gasteiger partial charge in [0.2, 0.25) is 0 Å². The van der Waals surface area contributed by atoms with E-state index in [0.29, 0.717) is 25.4 Å². The van der Waals surface area contributed by atoms with E-state index in [1.165, 1.54) is 7.11 Å². The van der Waals surface area contributed by atoms with Crippen LogP contribution >= 0.6 is 0 Å². The van der Waals surface area contributed by atoms with Crippen molar-refractivity contribution in [2.75, 3.05) is 20.2 Å². The van der Waals surface area contributed by atoms with Gasteiger partial charge >= 0.3 is 18.2 Å². The number of esters is 1. The molecule has 1 aliphatic heterocycles. The topological polar surface area (TPSA) is 94.2 Å². The highest BCUT2D eigenvalue weighted by Crippen LogP contribution is 2.61. The van der Waals surface area contributed by atoms with Crippen molar-refractivity contribution in [1.82, 2.24) is 10.2 Å². The molecule has 0 aromatic rings. The van der Waals surface area contributed by atoms with Gasteiger partial charge in [-0.15, -0.1) is 0 Å². The van der Waals surface area contributed by atoms with Gasteiger partial charge in [0.25, 0.3) is 0 Å². The third-order valence-corrected chi connectivity index (χ3v) is 7.21. The number of carbonyl (C=O) groups excluding carboxylic acids is 3. The molecule has 1 saturated heterocycles. The Morgan fingerprint density at radius 2 is 1.73 bits per heavy atom. The molecule has 4 bridgehead atoms. The summed E-state index contributed by atoms with van der Waals surface area (Å²) in [4.78, 5) is 38.9. The van der Waals surface area contributed by atoms with Gasteiger partial charge in [0, 0.05) is 13.1 Å². The molecule has 8 nitrogen and oxygen atoms in total. The first-order chi connectivity index (χ1) is 14.1. The van der Waals surface area contributed by atoms with E-state index in [9.17, 15) is 14.4 Å². The first-order valence-electron chi connectivity index (χ1n) is 11.1. The van der Waals surface area contributed by atoms with Gasteiger partial charge in [-0.1, -0.05) is 0 Å². The predicted octanol–water partition coefficient (Wildman–Crippen LogP) is 3.09. The summed E-state index contributed by atoms with van der Waals surface area (Å²) >= 11 is 0. The van der Waals surface area contributed by atoms with Gasteiger partial charge in [-0.05, 0) is 77.0 Å². The van der Waals surface area contributed by atoms with Crippen LogP contribution in [0.4, 0.5) is 9.59 Å². The van der Waals surface area contributed by atoms with E-state index >= 15 is 0 Å². The molecule has 1 N–H and O–H groups in total. The molecule has 1 heterocycles. The average Bonchev–Trinajstić information content (AvgIpc) is 3.10. The Morgan fingerprint density at radius 1 is 1.07 bits per heavy atom. The number of hydrogen-bond donors (Lipinski definition) is 1. The minimum absolute atomic E-state index is 0.0951. The van der Waals surface area contributed by atoms with Crippen LogP contribution in [0, 0.1) is 23.2 Å². The number of rotatable bonds is 3. The fourth-order valence-electron chi connectivity index (χ4n) is 6.35. The van der Waals surface area contributed by atoms with Crippen molar-refractivity contribution in [1.29, 1.82) is 0 Å². The molecule has 5 fully saturated rings. The summed E-state index contributed by atoms with van der Waals surface area (Å²) < 4.78 is 16.4. The second-order valence-electron chi connectivity index (χ2n) is 10.7. The van der Waals surface area contributed by atoms with Crippen molar-refractivity contribution in [2.45, 2.75) is 77.0 Å². The summed E-state index contributed by atoms with van der Waals surface area (Å²) in [7, 11) is 1.47. The van der Waals surface area contributed by atoms with Crippen molar-refractivity contribution >= 4 is 18.2 Å². The predicted molar refractivity (Wildman–Crippen MR) is 108 cm³/mol. The van der Waals surface area contributed by atoms with Gasteiger partial charge in [0.15, 0.2) is 0 Å². The summed E-state index contributed by atoms with van der Waals surface area (Å²) in [6.07, 6.45) is 4.26. The zero-order valence-electron chi connectivity index (χ0n) is 18.4. The van der Waals surface area contributed by atoms with E-state index in [-0.39, 0.29) is 41.5 Å². The lowest BCUT2D eigenvalue weighted by Crippen LogP contribution is -2.58. The number of methoxy groups -OCH3 is 1. The van der Waals surface area contributed by atoms with Gasteiger partial charge < -0.3 is 24.4 Å². The van der Waals surface area contributed by atoms with Crippen LogP contribution in [0.5, 0.6) is 0 Å². The molecule has 0 spiro atoms. The maximum atomic E-state index is 12.8. The highest BCUT2D eigenvalue weighted by atomic mass is 16.6. The van der Waals surface area contributed by atoms with Crippen LogP contribution in [-0.4, -0.2) is 61.0 Å². The molecule has 30 heavy (non-hydrogen) atoms. The van der Waals surface area contributed by atoms with E-state index in [1.54, 1.807) is 4.90 Å². The lowest BCUT2D eigenvalue weighted by Gasteiger charge is -2.57. The molecular formula is C22H34N2O6. The SMILES string of the molecule is COC(=O)C12CC3C[C@H](C1)C(OC(=O)N1CCC(NC(=O)OC(C)(C)C)C1)[C@H](C3)C2. The third-order valence-electron chi connectivity index (χ3n) is 7.21. The molecular weight excluding hydrogens is 388 g/mol. The minimum Gasteiger partial charge on any atom is -0.469 e. The molecule has 0 aromatic heterocycles. The summed E-state index contributed by atoms with van der Waals surface area (Å²) in [5.41, 5.74) is -0.924. The Kier molecular flexibility index (Phi) is 5.39. The van der Waals surface area contributed by atoms with Crippen LogP contribution < -0.4 is 5.32 Å². The Hall–Kier alpha value is -1.99. The quantitative estimate of drug-likeness (QED) is 0.555. The van der Waals surface area contributed by atoms with Gasteiger partial charge in [0.1, 0.15) is 11.7 Å². The summed E-state index contributed by atoms with van der Waals surface area (Å²) in [5, 5.41) is 2.84. The van der Waals surface area contributed by atoms with Crippen molar-refractivity contribution < 1.29 is 28.6 Å². The van der Waals surface area contributed by atoms with Crippen LogP contribution in [0.3, 0.4) is 0 Å².